The molecule has 1 heterocycles. The second kappa shape index (κ2) is 7.27. The van der Waals surface area contributed by atoms with Gasteiger partial charge in [-0.25, -0.2) is 8.98 Å². The maximum atomic E-state index is 12.7. The molecule has 7 heteroatoms. The first-order chi connectivity index (χ1) is 11.1. The minimum atomic E-state index is -3.90. The summed E-state index contributed by atoms with van der Waals surface area (Å²) in [5.74, 6) is 0.00623. The predicted molar refractivity (Wildman–Crippen MR) is 98.5 cm³/mol. The minimum absolute atomic E-state index is 0.148. The van der Waals surface area contributed by atoms with E-state index in [1.54, 1.807) is 20.8 Å². The first kappa shape index (κ1) is 22.0. The van der Waals surface area contributed by atoms with Crippen molar-refractivity contribution in [2.75, 3.05) is 0 Å². The zero-order valence-corrected chi connectivity index (χ0v) is 17.5. The standard InChI is InChI=1S/C18H33NO5S/c1-10-14(13(4)12(2)3)25(21,22)24-15-11-18(8,9)19(15)16(20)23-17(5,6)7/h10,12-15H,1,11H2,2-9H3/t13-,14?,15?/m1/s1. The lowest BCUT2D eigenvalue weighted by atomic mass is 9.88. The summed E-state index contributed by atoms with van der Waals surface area (Å²) in [4.78, 5) is 13.8. The molecule has 1 amide bonds. The summed E-state index contributed by atoms with van der Waals surface area (Å²) >= 11 is 0. The molecule has 1 rings (SSSR count). The van der Waals surface area contributed by atoms with Gasteiger partial charge in [-0.15, -0.1) is 6.58 Å². The summed E-state index contributed by atoms with van der Waals surface area (Å²) in [5, 5.41) is -0.823. The third kappa shape index (κ3) is 5.20. The van der Waals surface area contributed by atoms with Gasteiger partial charge >= 0.3 is 6.09 Å². The van der Waals surface area contributed by atoms with Crippen molar-refractivity contribution >= 4 is 16.2 Å². The first-order valence-electron chi connectivity index (χ1n) is 8.69. The maximum Gasteiger partial charge on any atom is 0.412 e. The highest BCUT2D eigenvalue weighted by Gasteiger charge is 2.53. The Morgan fingerprint density at radius 2 is 1.80 bits per heavy atom. The van der Waals surface area contributed by atoms with E-state index >= 15 is 0 Å². The van der Waals surface area contributed by atoms with E-state index in [-0.39, 0.29) is 11.8 Å². The molecule has 25 heavy (non-hydrogen) atoms. The lowest BCUT2D eigenvalue weighted by Crippen LogP contribution is -2.67. The number of hydrogen-bond acceptors (Lipinski definition) is 5. The number of carbonyl (C=O) groups excluding carboxylic acids is 1. The van der Waals surface area contributed by atoms with Crippen LogP contribution in [0.3, 0.4) is 0 Å². The maximum absolute atomic E-state index is 12.7. The lowest BCUT2D eigenvalue weighted by Gasteiger charge is -2.53. The molecule has 1 fully saturated rings. The van der Waals surface area contributed by atoms with Crippen molar-refractivity contribution in [2.45, 2.75) is 84.4 Å². The normalized spacial score (nSPS) is 22.9. The summed E-state index contributed by atoms with van der Waals surface area (Å²) in [6.45, 7) is 18.4. The molecule has 0 aromatic heterocycles. The fourth-order valence-electron chi connectivity index (χ4n) is 2.84. The van der Waals surface area contributed by atoms with Gasteiger partial charge in [-0.1, -0.05) is 26.8 Å². The summed E-state index contributed by atoms with van der Waals surface area (Å²) in [6, 6.07) is 0. The molecule has 2 unspecified atom stereocenters. The third-order valence-corrected chi connectivity index (χ3v) is 6.36. The van der Waals surface area contributed by atoms with E-state index in [1.165, 1.54) is 11.0 Å². The third-order valence-electron chi connectivity index (χ3n) is 4.59. The van der Waals surface area contributed by atoms with Crippen LogP contribution in [0.2, 0.25) is 0 Å². The fraction of sp³-hybridized carbons (Fsp3) is 0.833. The molecular weight excluding hydrogens is 342 g/mol. The molecule has 0 aromatic carbocycles. The molecule has 0 bridgehead atoms. The molecule has 0 spiro atoms. The average molecular weight is 376 g/mol. The van der Waals surface area contributed by atoms with Gasteiger partial charge < -0.3 is 4.74 Å². The minimum Gasteiger partial charge on any atom is -0.444 e. The van der Waals surface area contributed by atoms with Crippen LogP contribution in [0.15, 0.2) is 12.7 Å². The highest BCUT2D eigenvalue weighted by Crippen LogP contribution is 2.39. The molecule has 1 saturated heterocycles. The smallest absolute Gasteiger partial charge is 0.412 e. The number of rotatable bonds is 6. The summed E-state index contributed by atoms with van der Waals surface area (Å²) in [7, 11) is -3.90. The Bertz CT molecular complexity index is 603. The van der Waals surface area contributed by atoms with E-state index in [2.05, 4.69) is 6.58 Å². The van der Waals surface area contributed by atoms with Gasteiger partial charge in [0.15, 0.2) is 6.23 Å². The molecule has 0 aliphatic carbocycles. The second-order valence-corrected chi connectivity index (χ2v) is 10.4. The first-order valence-corrected chi connectivity index (χ1v) is 10.2. The van der Waals surface area contributed by atoms with E-state index in [4.69, 9.17) is 8.92 Å². The molecule has 146 valence electrons. The Balaban J connectivity index is 2.97. The second-order valence-electron chi connectivity index (χ2n) is 8.71. The van der Waals surface area contributed by atoms with Crippen LogP contribution in [0.4, 0.5) is 4.79 Å². The molecule has 0 radical (unpaired) electrons. The zero-order valence-electron chi connectivity index (χ0n) is 16.7. The van der Waals surface area contributed by atoms with Crippen LogP contribution < -0.4 is 0 Å². The van der Waals surface area contributed by atoms with Crippen LogP contribution in [0, 0.1) is 11.8 Å². The summed E-state index contributed by atoms with van der Waals surface area (Å²) < 4.78 is 36.2. The van der Waals surface area contributed by atoms with Crippen LogP contribution in [0.1, 0.15) is 61.8 Å². The van der Waals surface area contributed by atoms with Crippen molar-refractivity contribution < 1.29 is 22.1 Å². The summed E-state index contributed by atoms with van der Waals surface area (Å²) in [5.41, 5.74) is -1.18. The van der Waals surface area contributed by atoms with Gasteiger partial charge in [0.05, 0.1) is 0 Å². The van der Waals surface area contributed by atoms with Crippen LogP contribution in [-0.4, -0.2) is 42.0 Å². The van der Waals surface area contributed by atoms with Gasteiger partial charge in [0, 0.05) is 12.0 Å². The van der Waals surface area contributed by atoms with Crippen molar-refractivity contribution in [1.29, 1.82) is 0 Å². The van der Waals surface area contributed by atoms with Crippen molar-refractivity contribution in [2.24, 2.45) is 11.8 Å². The molecule has 0 aromatic rings. The predicted octanol–water partition coefficient (Wildman–Crippen LogP) is 3.93. The molecular formula is C18H33NO5S. The highest BCUT2D eigenvalue weighted by atomic mass is 32.2. The van der Waals surface area contributed by atoms with Crippen molar-refractivity contribution in [3.63, 3.8) is 0 Å². The van der Waals surface area contributed by atoms with Crippen LogP contribution in [0.25, 0.3) is 0 Å². The van der Waals surface area contributed by atoms with E-state index in [0.717, 1.165) is 0 Å². The summed E-state index contributed by atoms with van der Waals surface area (Å²) in [6.07, 6.45) is 0.403. The Morgan fingerprint density at radius 3 is 2.16 bits per heavy atom. The highest BCUT2D eigenvalue weighted by molar-refractivity contribution is 7.87. The fourth-order valence-corrected chi connectivity index (χ4v) is 4.51. The number of hydrogen-bond donors (Lipinski definition) is 0. The van der Waals surface area contributed by atoms with E-state index in [9.17, 15) is 13.2 Å². The molecule has 6 nitrogen and oxygen atoms in total. The van der Waals surface area contributed by atoms with E-state index < -0.39 is 38.8 Å². The number of carbonyl (C=O) groups is 1. The number of nitrogens with zero attached hydrogens (tertiary/aromatic N) is 1. The monoisotopic (exact) mass is 375 g/mol. The van der Waals surface area contributed by atoms with Gasteiger partial charge in [0.2, 0.25) is 0 Å². The van der Waals surface area contributed by atoms with Crippen LogP contribution >= 0.6 is 0 Å². The number of likely N-dealkylation sites (tertiary alicyclic amines) is 1. The van der Waals surface area contributed by atoms with Gasteiger partial charge in [0.25, 0.3) is 10.1 Å². The quantitative estimate of drug-likeness (QED) is 0.519. The van der Waals surface area contributed by atoms with E-state index in [1.807, 2.05) is 34.6 Å². The van der Waals surface area contributed by atoms with E-state index in [0.29, 0.717) is 6.42 Å². The van der Waals surface area contributed by atoms with Crippen molar-refractivity contribution in [3.05, 3.63) is 12.7 Å². The van der Waals surface area contributed by atoms with Gasteiger partial charge in [-0.3, -0.25) is 4.90 Å². The topological polar surface area (TPSA) is 72.9 Å². The van der Waals surface area contributed by atoms with Crippen LogP contribution in [0.5, 0.6) is 0 Å². The largest absolute Gasteiger partial charge is 0.444 e. The number of amides is 1. The molecule has 0 saturated carbocycles. The Labute approximate surface area is 152 Å². The Hall–Kier alpha value is -1.08. The van der Waals surface area contributed by atoms with Gasteiger partial charge in [-0.05, 0) is 46.5 Å². The van der Waals surface area contributed by atoms with Crippen molar-refractivity contribution in [1.82, 2.24) is 4.90 Å². The molecule has 1 aliphatic rings. The van der Waals surface area contributed by atoms with Crippen molar-refractivity contribution in [3.8, 4) is 0 Å². The molecule has 0 N–H and O–H groups in total. The number of ether oxygens (including phenoxy) is 1. The zero-order chi connectivity index (χ0) is 19.8. The Morgan fingerprint density at radius 1 is 1.28 bits per heavy atom. The SMILES string of the molecule is C=CC([C@H](C)C(C)C)S(=O)(=O)OC1CC(C)(C)N1C(=O)OC(C)(C)C. The lowest BCUT2D eigenvalue weighted by molar-refractivity contribution is -0.135. The van der Waals surface area contributed by atoms with Crippen LogP contribution in [-0.2, 0) is 19.0 Å². The van der Waals surface area contributed by atoms with Gasteiger partial charge in [0.1, 0.15) is 10.9 Å². The Kier molecular flexibility index (Phi) is 6.39. The molecule has 1 aliphatic heterocycles. The van der Waals surface area contributed by atoms with Gasteiger partial charge in [-0.2, -0.15) is 8.42 Å². The average Bonchev–Trinajstić information content (AvgIpc) is 2.34. The molecule has 3 atom stereocenters.